The van der Waals surface area contributed by atoms with E-state index in [4.69, 9.17) is 10.4 Å². The number of anilines is 3. The lowest BCUT2D eigenvalue weighted by Crippen LogP contribution is -2.76. The first-order valence-electron chi connectivity index (χ1n) is 7.24. The van der Waals surface area contributed by atoms with E-state index in [9.17, 15) is 41.6 Å². The van der Waals surface area contributed by atoms with Gasteiger partial charge in [-0.15, -0.1) is 5.23 Å². The number of ether oxygens (including phenoxy) is 1. The number of amides is 1. The van der Waals surface area contributed by atoms with Crippen LogP contribution in [-0.2, 0) is 4.74 Å². The van der Waals surface area contributed by atoms with Gasteiger partial charge in [-0.3, -0.25) is 15.7 Å². The lowest BCUT2D eigenvalue weighted by atomic mass is 10.1. The Hall–Kier alpha value is -2.73. The average molecular weight is 437 g/mol. The summed E-state index contributed by atoms with van der Waals surface area (Å²) in [6.45, 7) is 0.593. The molecule has 5 N–H and O–H groups in total. The Labute approximate surface area is 157 Å². The fourth-order valence-corrected chi connectivity index (χ4v) is 1.86. The second-order valence-corrected chi connectivity index (χ2v) is 5.09. The van der Waals surface area contributed by atoms with Crippen LogP contribution in [0.25, 0.3) is 0 Å². The lowest BCUT2D eigenvalue weighted by Gasteiger charge is -2.39. The third kappa shape index (κ3) is 5.41. The van der Waals surface area contributed by atoms with E-state index in [0.29, 0.717) is 23.5 Å². The van der Waals surface area contributed by atoms with Crippen LogP contribution < -0.4 is 26.6 Å². The maximum Gasteiger partial charge on any atom is 0.436 e. The molecule has 1 aromatic carbocycles. The van der Waals surface area contributed by atoms with Crippen molar-refractivity contribution in [3.05, 3.63) is 28.6 Å². The molecule has 0 saturated carbocycles. The molecule has 0 unspecified atom stereocenters. The minimum absolute atomic E-state index is 0.436. The Morgan fingerprint density at radius 1 is 1.14 bits per heavy atom. The average Bonchev–Trinajstić information content (AvgIpc) is 2.56. The van der Waals surface area contributed by atoms with E-state index in [1.807, 2.05) is 0 Å². The first kappa shape index (κ1) is 24.3. The molecule has 17 heteroatoms. The number of rotatable bonds is 7. The van der Waals surface area contributed by atoms with Gasteiger partial charge in [-0.05, 0) is 25.1 Å². The molecule has 0 bridgehead atoms. The molecule has 0 aliphatic rings. The van der Waals surface area contributed by atoms with E-state index in [2.05, 4.69) is 4.74 Å². The van der Waals surface area contributed by atoms with E-state index < -0.39 is 58.2 Å². The normalized spacial score (nSPS) is 12.4. The third-order valence-corrected chi connectivity index (χ3v) is 3.21. The molecule has 0 aliphatic heterocycles. The van der Waals surface area contributed by atoms with E-state index in [1.54, 1.807) is 0 Å². The second-order valence-electron chi connectivity index (χ2n) is 5.09. The van der Waals surface area contributed by atoms with Crippen LogP contribution in [0.5, 0.6) is 0 Å². The number of hydrazine groups is 1. The summed E-state index contributed by atoms with van der Waals surface area (Å²) in [4.78, 5) is 11.3. The zero-order chi connectivity index (χ0) is 22.6. The Balaban J connectivity index is 3.36. The number of alkyl halides is 6. The molecular weight excluding hydrogens is 424 g/mol. The van der Waals surface area contributed by atoms with Gasteiger partial charge in [0.05, 0.1) is 12.3 Å². The molecular formula is C12H13F6N5O6-2. The number of carbonyl (C=O) groups excluding carboxylic acids is 1. The number of nitrogens with one attached hydrogen (secondary N) is 3. The molecule has 0 saturated heterocycles. The molecule has 11 nitrogen and oxygen atoms in total. The van der Waals surface area contributed by atoms with Crippen molar-refractivity contribution in [2.45, 2.75) is 24.9 Å². The minimum atomic E-state index is -6.18. The van der Waals surface area contributed by atoms with Crippen LogP contribution in [0.15, 0.2) is 18.2 Å². The first-order chi connectivity index (χ1) is 13.2. The molecule has 0 aromatic heterocycles. The number of alkyl carbamates (subject to hydrolysis) is 1. The number of nitrogens with zero attached hydrogens (tertiary/aromatic N) is 2. The van der Waals surface area contributed by atoms with Crippen molar-refractivity contribution in [2.75, 3.05) is 22.5 Å². The molecule has 0 fully saturated rings. The third-order valence-electron chi connectivity index (χ3n) is 3.21. The van der Waals surface area contributed by atoms with Crippen LogP contribution in [0.1, 0.15) is 6.92 Å². The summed E-state index contributed by atoms with van der Waals surface area (Å²) in [5.74, 6) is 0. The molecule has 0 spiro atoms. The van der Waals surface area contributed by atoms with Crippen molar-refractivity contribution in [1.82, 2.24) is 10.7 Å². The second kappa shape index (κ2) is 8.74. The summed E-state index contributed by atoms with van der Waals surface area (Å²) in [6, 6.07) is 1.67. The van der Waals surface area contributed by atoms with E-state index in [1.165, 1.54) is 5.43 Å². The summed E-state index contributed by atoms with van der Waals surface area (Å²) < 4.78 is 83.9. The predicted molar refractivity (Wildman–Crippen MR) is 83.5 cm³/mol. The van der Waals surface area contributed by atoms with Gasteiger partial charge in [-0.2, -0.15) is 31.8 Å². The van der Waals surface area contributed by atoms with Gasteiger partial charge < -0.3 is 25.8 Å². The van der Waals surface area contributed by atoms with Gasteiger partial charge in [0, 0.05) is 5.69 Å². The zero-order valence-corrected chi connectivity index (χ0v) is 14.1. The lowest BCUT2D eigenvalue weighted by molar-refractivity contribution is -0.313. The number of hydrogen-bond donors (Lipinski definition) is 5. The number of hydrogen-bond acceptors (Lipinski definition) is 10. The Morgan fingerprint density at radius 3 is 2.10 bits per heavy atom. The molecule has 1 rings (SSSR count). The molecule has 0 heterocycles. The fraction of sp³-hybridized carbons (Fsp3) is 0.417. The van der Waals surface area contributed by atoms with Gasteiger partial charge in [0.2, 0.25) is 0 Å². The van der Waals surface area contributed by atoms with Crippen LogP contribution >= 0.6 is 0 Å². The first-order valence-corrected chi connectivity index (χ1v) is 7.24. The number of halogens is 6. The summed E-state index contributed by atoms with van der Waals surface area (Å²) in [5.41, 5.74) is -5.44. The summed E-state index contributed by atoms with van der Waals surface area (Å²) in [6.07, 6.45) is -14.4. The largest absolute Gasteiger partial charge is 0.769 e. The van der Waals surface area contributed by atoms with Gasteiger partial charge in [-0.25, -0.2) is 4.79 Å². The predicted octanol–water partition coefficient (Wildman–Crippen LogP) is 2.56. The van der Waals surface area contributed by atoms with Crippen molar-refractivity contribution in [1.29, 1.82) is 0 Å². The van der Waals surface area contributed by atoms with Crippen LogP contribution in [0, 0.1) is 10.4 Å². The number of benzene rings is 1. The van der Waals surface area contributed by atoms with Crippen molar-refractivity contribution in [3.8, 4) is 0 Å². The summed E-state index contributed by atoms with van der Waals surface area (Å²) >= 11 is 0. The Bertz CT molecular complexity index is 699. The quantitative estimate of drug-likeness (QED) is 0.244. The zero-order valence-electron chi connectivity index (χ0n) is 14.1. The van der Waals surface area contributed by atoms with Crippen molar-refractivity contribution >= 4 is 23.2 Å². The van der Waals surface area contributed by atoms with Crippen LogP contribution in [-0.4, -0.2) is 41.1 Å². The highest BCUT2D eigenvalue weighted by Crippen LogP contribution is 2.41. The molecule has 1 amide bonds. The Morgan fingerprint density at radius 2 is 1.69 bits per heavy atom. The minimum Gasteiger partial charge on any atom is -0.769 e. The van der Waals surface area contributed by atoms with Crippen LogP contribution in [0.2, 0.25) is 0 Å². The SMILES string of the molecule is CCOC(=O)NC(NNc1ccc(N([O-])[O-])cc1N(O)O)(C(F)(F)F)C(F)(F)F. The molecule has 29 heavy (non-hydrogen) atoms. The van der Waals surface area contributed by atoms with Gasteiger partial charge >= 0.3 is 24.1 Å². The van der Waals surface area contributed by atoms with Gasteiger partial charge in [0.25, 0.3) is 0 Å². The monoisotopic (exact) mass is 437 g/mol. The Kier molecular flexibility index (Phi) is 7.33. The topological polar surface area (TPSA) is 155 Å². The molecule has 0 aliphatic carbocycles. The fourth-order valence-electron chi connectivity index (χ4n) is 1.86. The molecule has 1 aromatic rings. The van der Waals surface area contributed by atoms with Crippen molar-refractivity contribution < 1.29 is 46.3 Å². The summed E-state index contributed by atoms with van der Waals surface area (Å²) in [5, 5.41) is 38.3. The van der Waals surface area contributed by atoms with Crippen molar-refractivity contribution in [2.24, 2.45) is 0 Å². The van der Waals surface area contributed by atoms with E-state index >= 15 is 0 Å². The van der Waals surface area contributed by atoms with E-state index in [-0.39, 0.29) is 0 Å². The van der Waals surface area contributed by atoms with Gasteiger partial charge in [-0.1, -0.05) is 0 Å². The van der Waals surface area contributed by atoms with Crippen LogP contribution in [0.4, 0.5) is 48.2 Å². The summed E-state index contributed by atoms with van der Waals surface area (Å²) in [7, 11) is 0. The van der Waals surface area contributed by atoms with Gasteiger partial charge in [0.1, 0.15) is 5.69 Å². The maximum atomic E-state index is 13.3. The van der Waals surface area contributed by atoms with Gasteiger partial charge in [0.15, 0.2) is 0 Å². The standard InChI is InChI=1S/C12H13F6N5O6/c1-2-29-9(24)19-10(11(13,14)15,12(16,17)18)21-20-7-4-3-6(22(25)26)5-8(7)23(27)28/h3-5,20-21,27-28H,2H2,1H3,(H,19,24)/q-2. The molecule has 0 atom stereocenters. The smallest absolute Gasteiger partial charge is 0.436 e. The maximum absolute atomic E-state index is 13.3. The molecule has 0 radical (unpaired) electrons. The van der Waals surface area contributed by atoms with Crippen molar-refractivity contribution in [3.63, 3.8) is 0 Å². The van der Waals surface area contributed by atoms with Crippen LogP contribution in [0.3, 0.4) is 0 Å². The highest BCUT2D eigenvalue weighted by Gasteiger charge is 2.73. The highest BCUT2D eigenvalue weighted by atomic mass is 19.4. The highest BCUT2D eigenvalue weighted by molar-refractivity contribution is 5.74. The van der Waals surface area contributed by atoms with E-state index in [0.717, 1.165) is 12.3 Å². The number of carbonyl (C=O) groups is 1. The molecule has 166 valence electrons.